The van der Waals surface area contributed by atoms with E-state index in [1.54, 1.807) is 21.3 Å². The first-order valence-corrected chi connectivity index (χ1v) is 18.1. The van der Waals surface area contributed by atoms with Crippen LogP contribution in [-0.4, -0.2) is 111 Å². The summed E-state index contributed by atoms with van der Waals surface area (Å²) in [6.07, 6.45) is -0.535. The summed E-state index contributed by atoms with van der Waals surface area (Å²) in [5.74, 6) is -3.12. The minimum Gasteiger partial charge on any atom is -0.496 e. The lowest BCUT2D eigenvalue weighted by Gasteiger charge is -2.49. The van der Waals surface area contributed by atoms with Gasteiger partial charge in [0.25, 0.3) is 5.92 Å². The number of hydrogen-bond acceptors (Lipinski definition) is 6. The molecule has 0 bridgehead atoms. The zero-order valence-electron chi connectivity index (χ0n) is 31.1. The number of carboxylic acids is 1. The number of carbonyl (C=O) groups is 1. The lowest BCUT2D eigenvalue weighted by molar-refractivity contribution is -0.151. The number of piperidine rings is 2. The number of benzene rings is 3. The van der Waals surface area contributed by atoms with Gasteiger partial charge < -0.3 is 19.5 Å². The van der Waals surface area contributed by atoms with Crippen molar-refractivity contribution in [2.75, 3.05) is 60.5 Å². The van der Waals surface area contributed by atoms with Crippen molar-refractivity contribution in [3.63, 3.8) is 0 Å². The summed E-state index contributed by atoms with van der Waals surface area (Å²) in [7, 11) is 4.81. The second-order valence-electron chi connectivity index (χ2n) is 14.8. The Balaban J connectivity index is 1.46. The number of halogens is 4. The molecule has 0 aliphatic carbocycles. The average Bonchev–Trinajstić information content (AvgIpc) is 3.11. The molecular weight excluding hydrogens is 674 g/mol. The fraction of sp³-hybridized carbons (Fsp3) is 0.537. The molecule has 284 valence electrons. The summed E-state index contributed by atoms with van der Waals surface area (Å²) in [5.41, 5.74) is 1.53. The van der Waals surface area contributed by atoms with Crippen LogP contribution in [0.5, 0.6) is 11.5 Å². The zero-order chi connectivity index (χ0) is 37.8. The molecular formula is C41H53F4N3O4. The minimum absolute atomic E-state index is 0.0790. The molecule has 2 saturated heterocycles. The topological polar surface area (TPSA) is 65.5 Å². The number of ether oxygens (including phenoxy) is 2. The largest absolute Gasteiger partial charge is 0.496 e. The molecule has 2 atom stereocenters. The first-order valence-electron chi connectivity index (χ1n) is 18.1. The third kappa shape index (κ3) is 8.42. The van der Waals surface area contributed by atoms with E-state index >= 15 is 8.78 Å². The van der Waals surface area contributed by atoms with Gasteiger partial charge in [0.15, 0.2) is 0 Å². The SMILES string of the molecule is C=C(C)C(F)(F)C1(CN(C)[C@@H](Cc2cccc3c(-c4c(OC)cc(CN5CCC(F)CC5)cc4OC)cccc23)C(=O)O)CCN(CC(C)F)CC1. The molecule has 0 aromatic heterocycles. The van der Waals surface area contributed by atoms with E-state index in [1.807, 2.05) is 53.4 Å². The highest BCUT2D eigenvalue weighted by atomic mass is 19.3. The number of methoxy groups -OCH3 is 2. The minimum atomic E-state index is -3.25. The third-order valence-corrected chi connectivity index (χ3v) is 11.1. The van der Waals surface area contributed by atoms with Gasteiger partial charge in [0.1, 0.15) is 29.9 Å². The first-order chi connectivity index (χ1) is 24.7. The molecule has 2 aliphatic heterocycles. The standard InChI is InChI=1S/C41H53F4N3O4/c1-27(2)41(44,45)40(15-19-48(20-16-40)24-28(3)42)26-46(4)35(39(49)50)23-30-9-7-11-33-32(30)10-8-12-34(33)38-36(51-5)21-29(22-37(38)52-6)25-47-17-13-31(43)14-18-47/h7-12,21-22,28,31,35H,1,13-20,23-26H2,2-6H3,(H,49,50)/t28?,35-/m0/s1. The van der Waals surface area contributed by atoms with Crippen molar-refractivity contribution in [1.82, 2.24) is 14.7 Å². The van der Waals surface area contributed by atoms with Gasteiger partial charge in [-0.3, -0.25) is 14.6 Å². The third-order valence-electron chi connectivity index (χ3n) is 11.1. The summed E-state index contributed by atoms with van der Waals surface area (Å²) >= 11 is 0. The second-order valence-corrected chi connectivity index (χ2v) is 14.8. The van der Waals surface area contributed by atoms with Crippen molar-refractivity contribution in [2.45, 2.75) is 76.8 Å². The maximum atomic E-state index is 16.0. The van der Waals surface area contributed by atoms with Crippen LogP contribution in [0.4, 0.5) is 17.6 Å². The molecule has 2 heterocycles. The summed E-state index contributed by atoms with van der Waals surface area (Å²) in [6, 6.07) is 14.4. The Hall–Kier alpha value is -3.67. The van der Waals surface area contributed by atoms with Crippen molar-refractivity contribution >= 4 is 16.7 Å². The number of allylic oxidation sites excluding steroid dienone is 1. The smallest absolute Gasteiger partial charge is 0.321 e. The van der Waals surface area contributed by atoms with Crippen molar-refractivity contribution in [2.24, 2.45) is 5.41 Å². The highest BCUT2D eigenvalue weighted by molar-refractivity contribution is 6.01. The van der Waals surface area contributed by atoms with Gasteiger partial charge in [-0.15, -0.1) is 0 Å². The Labute approximate surface area is 305 Å². The highest BCUT2D eigenvalue weighted by Gasteiger charge is 2.56. The molecule has 0 saturated carbocycles. The summed E-state index contributed by atoms with van der Waals surface area (Å²) < 4.78 is 71.4. The zero-order valence-corrected chi connectivity index (χ0v) is 31.1. The van der Waals surface area contributed by atoms with E-state index in [1.165, 1.54) is 18.7 Å². The maximum Gasteiger partial charge on any atom is 0.321 e. The predicted molar refractivity (Wildman–Crippen MR) is 198 cm³/mol. The Morgan fingerprint density at radius 1 is 1.02 bits per heavy atom. The molecule has 5 rings (SSSR count). The number of hydrogen-bond donors (Lipinski definition) is 1. The molecule has 0 spiro atoms. The second kappa shape index (κ2) is 16.6. The van der Waals surface area contributed by atoms with Crippen LogP contribution in [-0.2, 0) is 17.8 Å². The molecule has 2 fully saturated rings. The Morgan fingerprint density at radius 2 is 1.62 bits per heavy atom. The lowest BCUT2D eigenvalue weighted by Crippen LogP contribution is -2.57. The first kappa shape index (κ1) is 39.5. The van der Waals surface area contributed by atoms with Gasteiger partial charge in [0, 0.05) is 32.7 Å². The van der Waals surface area contributed by atoms with Crippen molar-refractivity contribution < 1.29 is 36.9 Å². The highest BCUT2D eigenvalue weighted by Crippen LogP contribution is 2.50. The van der Waals surface area contributed by atoms with Gasteiger partial charge >= 0.3 is 5.97 Å². The molecule has 0 amide bonds. The quantitative estimate of drug-likeness (QED) is 0.126. The van der Waals surface area contributed by atoms with Gasteiger partial charge in [-0.25, -0.2) is 17.6 Å². The van der Waals surface area contributed by atoms with Gasteiger partial charge in [-0.1, -0.05) is 43.0 Å². The number of likely N-dealkylation sites (tertiary alicyclic amines) is 2. The molecule has 1 N–H and O–H groups in total. The molecule has 0 radical (unpaired) electrons. The molecule has 3 aromatic rings. The van der Waals surface area contributed by atoms with Crippen LogP contribution >= 0.6 is 0 Å². The summed E-state index contributed by atoms with van der Waals surface area (Å²) in [4.78, 5) is 18.5. The van der Waals surface area contributed by atoms with Crippen LogP contribution in [0.1, 0.15) is 50.7 Å². The molecule has 1 unspecified atom stereocenters. The number of likely N-dealkylation sites (N-methyl/N-ethyl adjacent to an activating group) is 1. The van der Waals surface area contributed by atoms with Crippen molar-refractivity contribution in [1.29, 1.82) is 0 Å². The number of carboxylic acid groups (broad SMARTS) is 1. The number of rotatable bonds is 15. The summed E-state index contributed by atoms with van der Waals surface area (Å²) in [5, 5.41) is 12.2. The van der Waals surface area contributed by atoms with E-state index in [9.17, 15) is 18.7 Å². The van der Waals surface area contributed by atoms with E-state index in [0.29, 0.717) is 57.1 Å². The molecule has 2 aliphatic rings. The van der Waals surface area contributed by atoms with Crippen LogP contribution in [0.3, 0.4) is 0 Å². The van der Waals surface area contributed by atoms with Crippen molar-refractivity contribution in [3.05, 3.63) is 71.8 Å². The molecule has 11 heteroatoms. The van der Waals surface area contributed by atoms with E-state index in [-0.39, 0.29) is 37.9 Å². The van der Waals surface area contributed by atoms with Crippen LogP contribution < -0.4 is 9.47 Å². The van der Waals surface area contributed by atoms with E-state index in [0.717, 1.165) is 33.0 Å². The van der Waals surface area contributed by atoms with Gasteiger partial charge in [0.05, 0.1) is 25.2 Å². The number of fused-ring (bicyclic) bond motifs is 1. The van der Waals surface area contributed by atoms with Crippen LogP contribution in [0.25, 0.3) is 21.9 Å². The molecule has 52 heavy (non-hydrogen) atoms. The van der Waals surface area contributed by atoms with Gasteiger partial charge in [-0.05, 0) is 111 Å². The number of nitrogens with zero attached hydrogens (tertiary/aromatic N) is 3. The maximum absolute atomic E-state index is 16.0. The fourth-order valence-electron chi connectivity index (χ4n) is 8.18. The normalized spacial score (nSPS) is 18.7. The molecule has 3 aromatic carbocycles. The van der Waals surface area contributed by atoms with Crippen LogP contribution in [0.15, 0.2) is 60.7 Å². The Bertz CT molecular complexity index is 1690. The van der Waals surface area contributed by atoms with Gasteiger partial charge in [-0.2, -0.15) is 0 Å². The predicted octanol–water partition coefficient (Wildman–Crippen LogP) is 8.04. The van der Waals surface area contributed by atoms with E-state index < -0.39 is 35.7 Å². The van der Waals surface area contributed by atoms with Crippen LogP contribution in [0.2, 0.25) is 0 Å². The van der Waals surface area contributed by atoms with Crippen LogP contribution in [0, 0.1) is 5.41 Å². The monoisotopic (exact) mass is 727 g/mol. The van der Waals surface area contributed by atoms with E-state index in [4.69, 9.17) is 9.47 Å². The molecule has 7 nitrogen and oxygen atoms in total. The Morgan fingerprint density at radius 3 is 2.17 bits per heavy atom. The number of aliphatic carboxylic acids is 1. The lowest BCUT2D eigenvalue weighted by atomic mass is 9.70. The summed E-state index contributed by atoms with van der Waals surface area (Å²) in [6.45, 7) is 8.97. The van der Waals surface area contributed by atoms with Crippen molar-refractivity contribution in [3.8, 4) is 22.6 Å². The Kier molecular flexibility index (Phi) is 12.6. The van der Waals surface area contributed by atoms with Gasteiger partial charge in [0.2, 0.25) is 0 Å². The average molecular weight is 728 g/mol. The van der Waals surface area contributed by atoms with E-state index in [2.05, 4.69) is 11.5 Å². The number of alkyl halides is 4. The fourth-order valence-corrected chi connectivity index (χ4v) is 8.18.